The second-order valence-corrected chi connectivity index (χ2v) is 18.9. The van der Waals surface area contributed by atoms with Gasteiger partial charge in [-0.15, -0.1) is 0 Å². The van der Waals surface area contributed by atoms with Crippen LogP contribution in [0.2, 0.25) is 45.3 Å². The van der Waals surface area contributed by atoms with E-state index in [1.54, 1.807) is 0 Å². The lowest BCUT2D eigenvalue weighted by Crippen LogP contribution is -2.20. The van der Waals surface area contributed by atoms with Crippen LogP contribution in [0.1, 0.15) is 19.3 Å². The largest absolute Gasteiger partial charge is 0.412 e. The third-order valence-electron chi connectivity index (χ3n) is 3.09. The summed E-state index contributed by atoms with van der Waals surface area (Å²) in [4.78, 5) is 0. The van der Waals surface area contributed by atoms with Crippen LogP contribution in [0.4, 0.5) is 0 Å². The van der Waals surface area contributed by atoms with Crippen molar-refractivity contribution in [3.05, 3.63) is 11.8 Å². The molecule has 2 unspecified atom stereocenters. The van der Waals surface area contributed by atoms with Crippen molar-refractivity contribution in [1.29, 1.82) is 0 Å². The molecule has 2 atom stereocenters. The van der Waals surface area contributed by atoms with Crippen molar-refractivity contribution >= 4 is 16.1 Å². The third kappa shape index (κ3) is 20.0. The molecule has 0 bridgehead atoms. The Morgan fingerprint density at radius 3 is 2.09 bits per heavy atom. The van der Waals surface area contributed by atoms with Crippen LogP contribution >= 0.6 is 0 Å². The highest BCUT2D eigenvalue weighted by molar-refractivity contribution is 6.80. The quantitative estimate of drug-likeness (QED) is 0.521. The van der Waals surface area contributed by atoms with Gasteiger partial charge in [0.25, 0.3) is 0 Å². The Morgan fingerprint density at radius 1 is 1.18 bits per heavy atom. The molecule has 6 heteroatoms. The predicted octanol–water partition coefficient (Wildman–Crippen LogP) is 2.84. The summed E-state index contributed by atoms with van der Waals surface area (Å²) in [6.45, 7) is 14.9. The van der Waals surface area contributed by atoms with Crippen LogP contribution in [0.25, 0.3) is 0 Å². The summed E-state index contributed by atoms with van der Waals surface area (Å²) in [6.07, 6.45) is 5.28. The Bertz CT molecular complexity index is 292. The maximum atomic E-state index is 9.02. The minimum Gasteiger partial charge on any atom is -0.412 e. The highest BCUT2D eigenvalue weighted by Crippen LogP contribution is 2.15. The third-order valence-corrected chi connectivity index (χ3v) is 6.18. The average Bonchev–Trinajstić information content (AvgIpc) is 3.10. The van der Waals surface area contributed by atoms with Gasteiger partial charge in [0.15, 0.2) is 0 Å². The van der Waals surface area contributed by atoms with Crippen LogP contribution in [0.3, 0.4) is 0 Å². The minimum atomic E-state index is -0.932. The highest BCUT2D eigenvalue weighted by Gasteiger charge is 2.20. The van der Waals surface area contributed by atoms with Gasteiger partial charge in [-0.25, -0.2) is 0 Å². The first-order chi connectivity index (χ1) is 9.53. The van der Waals surface area contributed by atoms with E-state index in [1.807, 2.05) is 0 Å². The summed E-state index contributed by atoms with van der Waals surface area (Å²) >= 11 is 0. The van der Waals surface area contributed by atoms with Gasteiger partial charge in [-0.1, -0.05) is 63.5 Å². The lowest BCUT2D eigenvalue weighted by molar-refractivity contribution is 0.0876. The van der Waals surface area contributed by atoms with Crippen LogP contribution in [-0.4, -0.2) is 57.3 Å². The fraction of sp³-hybridized carbons (Fsp3) is 0.875. The number of epoxide rings is 1. The van der Waals surface area contributed by atoms with E-state index in [0.717, 1.165) is 25.9 Å². The molecule has 0 aliphatic carbocycles. The Balaban J connectivity index is 0. The smallest absolute Gasteiger partial charge is 0.0844 e. The van der Waals surface area contributed by atoms with Crippen molar-refractivity contribution < 1.29 is 20.4 Å². The number of hydrogen-bond acceptors (Lipinski definition) is 3. The SMILES string of the molecule is C[Si](C)(C)C=CCC1CO1.C[Si](C)(C)CCCC(O)CO.O. The van der Waals surface area contributed by atoms with Crippen molar-refractivity contribution in [1.82, 2.24) is 0 Å². The number of hydrogen-bond donors (Lipinski definition) is 2. The van der Waals surface area contributed by atoms with Gasteiger partial charge in [-0.3, -0.25) is 0 Å². The number of aliphatic hydroxyl groups excluding tert-OH is 2. The summed E-state index contributed by atoms with van der Waals surface area (Å²) in [5.41, 5.74) is 2.38. The molecule has 0 saturated carbocycles. The Hall–Kier alpha value is 0.0138. The van der Waals surface area contributed by atoms with E-state index in [4.69, 9.17) is 14.9 Å². The number of aliphatic hydroxyl groups is 2. The summed E-state index contributed by atoms with van der Waals surface area (Å²) < 4.78 is 5.09. The molecule has 4 N–H and O–H groups in total. The van der Waals surface area contributed by atoms with E-state index < -0.39 is 22.3 Å². The average molecular weight is 351 g/mol. The van der Waals surface area contributed by atoms with Gasteiger partial charge in [-0.05, 0) is 12.8 Å². The topological polar surface area (TPSA) is 84.5 Å². The summed E-state index contributed by atoms with van der Waals surface area (Å²) in [5, 5.41) is 17.5. The van der Waals surface area contributed by atoms with Crippen molar-refractivity contribution in [2.45, 2.75) is 76.8 Å². The van der Waals surface area contributed by atoms with Crippen LogP contribution in [-0.2, 0) is 4.74 Å². The second-order valence-electron chi connectivity index (χ2n) is 8.25. The number of rotatable bonds is 8. The molecule has 0 aromatic rings. The van der Waals surface area contributed by atoms with E-state index in [1.165, 1.54) is 6.04 Å². The number of ether oxygens (including phenoxy) is 1. The molecule has 0 spiro atoms. The van der Waals surface area contributed by atoms with Crippen molar-refractivity contribution in [3.63, 3.8) is 0 Å². The summed E-state index contributed by atoms with van der Waals surface area (Å²) in [7, 11) is -1.86. The van der Waals surface area contributed by atoms with Crippen molar-refractivity contribution in [2.24, 2.45) is 0 Å². The molecule has 134 valence electrons. The predicted molar refractivity (Wildman–Crippen MR) is 101 cm³/mol. The fourth-order valence-electron chi connectivity index (χ4n) is 1.74. The van der Waals surface area contributed by atoms with Crippen molar-refractivity contribution in [3.8, 4) is 0 Å². The molecule has 1 aliphatic rings. The molecule has 1 aliphatic heterocycles. The minimum absolute atomic E-state index is 0. The van der Waals surface area contributed by atoms with Crippen LogP contribution < -0.4 is 0 Å². The van der Waals surface area contributed by atoms with Crippen LogP contribution in [0, 0.1) is 0 Å². The van der Waals surface area contributed by atoms with Gasteiger partial charge >= 0.3 is 0 Å². The van der Waals surface area contributed by atoms with E-state index in [9.17, 15) is 0 Å². The highest BCUT2D eigenvalue weighted by atomic mass is 28.3. The zero-order valence-corrected chi connectivity index (χ0v) is 17.4. The molecule has 0 radical (unpaired) electrons. The Morgan fingerprint density at radius 2 is 1.73 bits per heavy atom. The molecule has 4 nitrogen and oxygen atoms in total. The standard InChI is InChI=1S/C8H20O2Si.C8H16OSi.H2O/c1-11(2,3)6-4-5-8(10)7-9;1-10(2,3)6-4-5-8-7-9-8;/h8-10H,4-7H2,1-3H3;4,6,8H,5,7H2,1-3H3;1H2. The first-order valence-corrected chi connectivity index (χ1v) is 15.4. The molecular formula is C16H38O4Si2. The van der Waals surface area contributed by atoms with Gasteiger partial charge in [0.05, 0.1) is 33.5 Å². The maximum Gasteiger partial charge on any atom is 0.0844 e. The molecule has 0 aromatic carbocycles. The first-order valence-electron chi connectivity index (χ1n) is 8.12. The van der Waals surface area contributed by atoms with E-state index in [2.05, 4.69) is 51.1 Å². The molecule has 22 heavy (non-hydrogen) atoms. The van der Waals surface area contributed by atoms with E-state index in [-0.39, 0.29) is 12.1 Å². The van der Waals surface area contributed by atoms with Crippen LogP contribution in [0.15, 0.2) is 11.8 Å². The first kappa shape index (κ1) is 24.3. The van der Waals surface area contributed by atoms with Gasteiger partial charge in [0.2, 0.25) is 0 Å². The Kier molecular flexibility index (Phi) is 12.7. The molecule has 1 rings (SSSR count). The lowest BCUT2D eigenvalue weighted by Gasteiger charge is -2.16. The fourth-order valence-corrected chi connectivity index (χ4v) is 3.84. The normalized spacial score (nSPS) is 19.2. The molecular weight excluding hydrogens is 312 g/mol. The zero-order chi connectivity index (χ0) is 16.5. The summed E-state index contributed by atoms with van der Waals surface area (Å²) in [6, 6.07) is 1.24. The van der Waals surface area contributed by atoms with Crippen molar-refractivity contribution in [2.75, 3.05) is 13.2 Å². The van der Waals surface area contributed by atoms with Crippen LogP contribution in [0.5, 0.6) is 0 Å². The zero-order valence-electron chi connectivity index (χ0n) is 15.4. The van der Waals surface area contributed by atoms with Gasteiger partial charge < -0.3 is 20.4 Å². The van der Waals surface area contributed by atoms with E-state index in [0.29, 0.717) is 6.10 Å². The molecule has 0 amide bonds. The molecule has 1 heterocycles. The van der Waals surface area contributed by atoms with Gasteiger partial charge in [-0.2, -0.15) is 0 Å². The lowest BCUT2D eigenvalue weighted by atomic mass is 10.2. The maximum absolute atomic E-state index is 9.02. The van der Waals surface area contributed by atoms with Gasteiger partial charge in [0, 0.05) is 8.07 Å². The molecule has 1 fully saturated rings. The van der Waals surface area contributed by atoms with Gasteiger partial charge in [0.1, 0.15) is 0 Å². The van der Waals surface area contributed by atoms with E-state index >= 15 is 0 Å². The summed E-state index contributed by atoms with van der Waals surface area (Å²) in [5.74, 6) is 0. The molecule has 1 saturated heterocycles. The molecule has 0 aromatic heterocycles. The second kappa shape index (κ2) is 11.5. The monoisotopic (exact) mass is 350 g/mol. The Labute approximate surface area is 138 Å².